The van der Waals surface area contributed by atoms with Gasteiger partial charge in [0.2, 0.25) is 6.10 Å². The van der Waals surface area contributed by atoms with Gasteiger partial charge in [-0.05, 0) is 32.7 Å². The molecule has 3 nitrogen and oxygen atoms in total. The molecule has 0 aromatic carbocycles. The number of alkyl halides is 6. The molecule has 0 heterocycles. The van der Waals surface area contributed by atoms with Gasteiger partial charge in [-0.25, -0.2) is 0 Å². The molecule has 0 spiro atoms. The van der Waals surface area contributed by atoms with Gasteiger partial charge >= 0.3 is 12.4 Å². The van der Waals surface area contributed by atoms with Crippen LogP contribution >= 0.6 is 0 Å². The Morgan fingerprint density at radius 1 is 1.10 bits per heavy atom. The zero-order chi connectivity index (χ0) is 16.7. The van der Waals surface area contributed by atoms with Gasteiger partial charge in [0.1, 0.15) is 5.54 Å². The Kier molecular flexibility index (Phi) is 7.47. The summed E-state index contributed by atoms with van der Waals surface area (Å²) in [6.07, 6.45) is -14.1. The molecule has 0 aliphatic heterocycles. The van der Waals surface area contributed by atoms with Crippen molar-refractivity contribution in [3.63, 3.8) is 0 Å². The number of ether oxygens (including phenoxy) is 1. The van der Waals surface area contributed by atoms with E-state index in [1.54, 1.807) is 13.8 Å². The summed E-state index contributed by atoms with van der Waals surface area (Å²) in [6, 6.07) is 2.02. The van der Waals surface area contributed by atoms with Crippen LogP contribution in [0.1, 0.15) is 33.1 Å². The lowest BCUT2D eigenvalue weighted by Gasteiger charge is -2.24. The van der Waals surface area contributed by atoms with E-state index in [4.69, 9.17) is 5.26 Å². The van der Waals surface area contributed by atoms with E-state index in [-0.39, 0.29) is 12.8 Å². The summed E-state index contributed by atoms with van der Waals surface area (Å²) in [5.74, 6) is 0. The molecule has 21 heavy (non-hydrogen) atoms. The van der Waals surface area contributed by atoms with Crippen LogP contribution in [0.5, 0.6) is 0 Å². The van der Waals surface area contributed by atoms with E-state index in [0.29, 0.717) is 13.0 Å². The van der Waals surface area contributed by atoms with Gasteiger partial charge < -0.3 is 4.74 Å². The normalized spacial score (nSPS) is 15.8. The summed E-state index contributed by atoms with van der Waals surface area (Å²) in [4.78, 5) is 0. The van der Waals surface area contributed by atoms with Crippen molar-refractivity contribution in [2.24, 2.45) is 0 Å². The first-order valence-corrected chi connectivity index (χ1v) is 6.37. The van der Waals surface area contributed by atoms with Gasteiger partial charge in [0.15, 0.2) is 0 Å². The molecule has 0 radical (unpaired) electrons. The van der Waals surface area contributed by atoms with Gasteiger partial charge in [-0.1, -0.05) is 6.92 Å². The SMILES string of the molecule is CCNC(C)(C#N)CCCCOC(C(F)(F)F)C(F)(F)F. The molecule has 0 saturated carbocycles. The van der Waals surface area contributed by atoms with Crippen LogP contribution in [-0.2, 0) is 4.74 Å². The van der Waals surface area contributed by atoms with E-state index < -0.39 is 30.6 Å². The summed E-state index contributed by atoms with van der Waals surface area (Å²) >= 11 is 0. The van der Waals surface area contributed by atoms with Crippen molar-refractivity contribution >= 4 is 0 Å². The van der Waals surface area contributed by atoms with Crippen LogP contribution in [-0.4, -0.2) is 37.1 Å². The van der Waals surface area contributed by atoms with E-state index in [1.165, 1.54) is 0 Å². The van der Waals surface area contributed by atoms with E-state index in [0.717, 1.165) is 0 Å². The first kappa shape index (κ1) is 20.0. The first-order chi connectivity index (χ1) is 9.46. The number of nitrogens with zero attached hydrogens (tertiary/aromatic N) is 1. The maximum absolute atomic E-state index is 12.2. The lowest BCUT2D eigenvalue weighted by molar-refractivity contribution is -0.321. The Hall–Kier alpha value is -1.01. The second-order valence-corrected chi connectivity index (χ2v) is 4.77. The number of nitriles is 1. The highest BCUT2D eigenvalue weighted by Gasteiger charge is 2.57. The number of rotatable bonds is 8. The predicted molar refractivity (Wildman–Crippen MR) is 63.4 cm³/mol. The van der Waals surface area contributed by atoms with Gasteiger partial charge in [0, 0.05) is 6.61 Å². The molecule has 0 saturated heterocycles. The summed E-state index contributed by atoms with van der Waals surface area (Å²) in [6.45, 7) is 3.27. The minimum absolute atomic E-state index is 0.00528. The average molecular weight is 320 g/mol. The Labute approximate surface area is 119 Å². The molecule has 0 fully saturated rings. The maximum atomic E-state index is 12.2. The molecule has 1 atom stereocenters. The van der Waals surface area contributed by atoms with Crippen LogP contribution in [0, 0.1) is 11.3 Å². The van der Waals surface area contributed by atoms with Gasteiger partial charge in [0.25, 0.3) is 0 Å². The topological polar surface area (TPSA) is 45.0 Å². The van der Waals surface area contributed by atoms with E-state index in [1.807, 2.05) is 6.07 Å². The fourth-order valence-corrected chi connectivity index (χ4v) is 1.73. The van der Waals surface area contributed by atoms with Crippen molar-refractivity contribution in [2.75, 3.05) is 13.2 Å². The molecule has 0 aromatic rings. The molecule has 0 bridgehead atoms. The Bertz CT molecular complexity index is 335. The second kappa shape index (κ2) is 7.84. The third-order valence-electron chi connectivity index (χ3n) is 2.76. The minimum Gasteiger partial charge on any atom is -0.361 e. The molecule has 0 aliphatic carbocycles. The number of nitrogens with one attached hydrogen (secondary N) is 1. The second-order valence-electron chi connectivity index (χ2n) is 4.77. The molecular formula is C12H18F6N2O. The van der Waals surface area contributed by atoms with Gasteiger partial charge in [-0.15, -0.1) is 0 Å². The highest BCUT2D eigenvalue weighted by molar-refractivity contribution is 5.03. The molecule has 124 valence electrons. The van der Waals surface area contributed by atoms with Gasteiger partial charge in [0.05, 0.1) is 6.07 Å². The zero-order valence-electron chi connectivity index (χ0n) is 11.7. The lowest BCUT2D eigenvalue weighted by Crippen LogP contribution is -2.44. The van der Waals surface area contributed by atoms with Crippen LogP contribution in [0.3, 0.4) is 0 Å². The fourth-order valence-electron chi connectivity index (χ4n) is 1.73. The van der Waals surface area contributed by atoms with Crippen LogP contribution in [0.4, 0.5) is 26.3 Å². The number of hydrogen-bond donors (Lipinski definition) is 1. The largest absolute Gasteiger partial charge is 0.423 e. The van der Waals surface area contributed by atoms with E-state index in [2.05, 4.69) is 10.1 Å². The molecular weight excluding hydrogens is 302 g/mol. The van der Waals surface area contributed by atoms with Crippen molar-refractivity contribution in [3.05, 3.63) is 0 Å². The lowest BCUT2D eigenvalue weighted by atomic mass is 9.97. The summed E-state index contributed by atoms with van der Waals surface area (Å²) in [7, 11) is 0. The van der Waals surface area contributed by atoms with E-state index >= 15 is 0 Å². The molecule has 9 heteroatoms. The summed E-state index contributed by atoms with van der Waals surface area (Å²) < 4.78 is 77.0. The molecule has 0 rings (SSSR count). The Morgan fingerprint density at radius 3 is 2.00 bits per heavy atom. The Morgan fingerprint density at radius 2 is 1.62 bits per heavy atom. The number of hydrogen-bond acceptors (Lipinski definition) is 3. The van der Waals surface area contributed by atoms with Crippen LogP contribution in [0.25, 0.3) is 0 Å². The monoisotopic (exact) mass is 320 g/mol. The minimum atomic E-state index is -5.48. The molecule has 0 amide bonds. The third-order valence-corrected chi connectivity index (χ3v) is 2.76. The van der Waals surface area contributed by atoms with Crippen molar-refractivity contribution in [1.82, 2.24) is 5.32 Å². The molecule has 0 aromatic heterocycles. The fraction of sp³-hybridized carbons (Fsp3) is 0.917. The first-order valence-electron chi connectivity index (χ1n) is 6.37. The van der Waals surface area contributed by atoms with Crippen molar-refractivity contribution in [2.45, 2.75) is 57.1 Å². The average Bonchev–Trinajstić information content (AvgIpc) is 2.30. The van der Waals surface area contributed by atoms with Crippen LogP contribution in [0.2, 0.25) is 0 Å². The van der Waals surface area contributed by atoms with Crippen molar-refractivity contribution in [3.8, 4) is 6.07 Å². The van der Waals surface area contributed by atoms with Crippen LogP contribution < -0.4 is 5.32 Å². The Balaban J connectivity index is 4.23. The summed E-state index contributed by atoms with van der Waals surface area (Å²) in [5, 5.41) is 11.8. The number of unbranched alkanes of at least 4 members (excludes halogenated alkanes) is 1. The van der Waals surface area contributed by atoms with Crippen molar-refractivity contribution in [1.29, 1.82) is 5.26 Å². The standard InChI is InChI=1S/C12H18F6N2O/c1-3-20-10(2,8-19)6-4-5-7-21-9(11(13,14)15)12(16,17)18/h9,20H,3-7H2,1-2H3. The summed E-state index contributed by atoms with van der Waals surface area (Å²) in [5.41, 5.74) is -0.845. The smallest absolute Gasteiger partial charge is 0.361 e. The number of halogens is 6. The quantitative estimate of drug-likeness (QED) is 0.549. The molecule has 1 unspecified atom stereocenters. The van der Waals surface area contributed by atoms with Gasteiger partial charge in [-0.2, -0.15) is 31.6 Å². The molecule has 0 aliphatic rings. The predicted octanol–water partition coefficient (Wildman–Crippen LogP) is 3.56. The molecule has 1 N–H and O–H groups in total. The highest BCUT2D eigenvalue weighted by Crippen LogP contribution is 2.35. The highest BCUT2D eigenvalue weighted by atomic mass is 19.4. The maximum Gasteiger partial charge on any atom is 0.423 e. The van der Waals surface area contributed by atoms with Crippen molar-refractivity contribution < 1.29 is 31.1 Å². The van der Waals surface area contributed by atoms with E-state index in [9.17, 15) is 26.3 Å². The third kappa shape index (κ3) is 7.52. The van der Waals surface area contributed by atoms with Crippen LogP contribution in [0.15, 0.2) is 0 Å². The van der Waals surface area contributed by atoms with Gasteiger partial charge in [-0.3, -0.25) is 5.32 Å². The zero-order valence-corrected chi connectivity index (χ0v) is 11.7.